The Morgan fingerprint density at radius 1 is 0.400 bits per heavy atom. The molecule has 0 saturated heterocycles. The number of para-hydroxylation sites is 2. The normalized spacial score (nSPS) is 12.4. The van der Waals surface area contributed by atoms with Gasteiger partial charge in [-0.15, -0.1) is 0 Å². The average molecular weight is 572 g/mol. The molecule has 3 heteroatoms. The molecule has 10 rings (SSSR count). The SMILES string of the molecule is c1ccc2c3c(ccc2c1)N(c1nc2ccccc2nc1-c1cc2ccccc2c2ccccc12)c1cccc2cccc-3c12. The van der Waals surface area contributed by atoms with Gasteiger partial charge in [-0.3, -0.25) is 4.90 Å². The highest BCUT2D eigenvalue weighted by molar-refractivity contribution is 6.20. The summed E-state index contributed by atoms with van der Waals surface area (Å²) in [4.78, 5) is 13.2. The number of aromatic nitrogens is 2. The number of hydrogen-bond acceptors (Lipinski definition) is 3. The lowest BCUT2D eigenvalue weighted by Crippen LogP contribution is -2.18. The van der Waals surface area contributed by atoms with E-state index in [4.69, 9.17) is 9.97 Å². The molecule has 0 unspecified atom stereocenters. The Hall–Kier alpha value is -6.06. The number of nitrogens with zero attached hydrogens (tertiary/aromatic N) is 3. The van der Waals surface area contributed by atoms with Crippen molar-refractivity contribution in [3.63, 3.8) is 0 Å². The van der Waals surface area contributed by atoms with Gasteiger partial charge in [-0.05, 0) is 73.6 Å². The zero-order valence-electron chi connectivity index (χ0n) is 24.3. The van der Waals surface area contributed by atoms with Crippen LogP contribution in [-0.4, -0.2) is 9.97 Å². The molecule has 0 saturated carbocycles. The van der Waals surface area contributed by atoms with Crippen molar-refractivity contribution >= 4 is 71.3 Å². The largest absolute Gasteiger partial charge is 0.292 e. The van der Waals surface area contributed by atoms with Crippen molar-refractivity contribution in [2.45, 2.75) is 0 Å². The summed E-state index contributed by atoms with van der Waals surface area (Å²) in [6.45, 7) is 0. The van der Waals surface area contributed by atoms with Gasteiger partial charge in [0.25, 0.3) is 0 Å². The van der Waals surface area contributed by atoms with Crippen molar-refractivity contribution in [3.8, 4) is 22.4 Å². The average Bonchev–Trinajstić information content (AvgIpc) is 3.11. The molecular formula is C42H25N3. The van der Waals surface area contributed by atoms with Gasteiger partial charge in [0.15, 0.2) is 5.82 Å². The van der Waals surface area contributed by atoms with Crippen LogP contribution in [0.15, 0.2) is 152 Å². The van der Waals surface area contributed by atoms with E-state index in [1.165, 1.54) is 48.8 Å². The van der Waals surface area contributed by atoms with Crippen molar-refractivity contribution in [3.05, 3.63) is 152 Å². The Morgan fingerprint density at radius 3 is 1.89 bits per heavy atom. The number of rotatable bonds is 2. The molecule has 0 radical (unpaired) electrons. The lowest BCUT2D eigenvalue weighted by atomic mass is 9.87. The number of benzene rings is 8. The van der Waals surface area contributed by atoms with Crippen LogP contribution in [-0.2, 0) is 0 Å². The van der Waals surface area contributed by atoms with Gasteiger partial charge in [0, 0.05) is 16.5 Å². The summed E-state index contributed by atoms with van der Waals surface area (Å²) in [6.07, 6.45) is 0. The maximum atomic E-state index is 5.46. The van der Waals surface area contributed by atoms with Gasteiger partial charge in [0.2, 0.25) is 0 Å². The summed E-state index contributed by atoms with van der Waals surface area (Å²) in [5, 5.41) is 9.69. The predicted molar refractivity (Wildman–Crippen MR) is 189 cm³/mol. The van der Waals surface area contributed by atoms with E-state index in [0.29, 0.717) is 0 Å². The first kappa shape index (κ1) is 24.4. The molecule has 1 aliphatic rings. The van der Waals surface area contributed by atoms with Gasteiger partial charge in [0.1, 0.15) is 5.69 Å². The van der Waals surface area contributed by atoms with Crippen LogP contribution in [0.1, 0.15) is 0 Å². The maximum Gasteiger partial charge on any atom is 0.165 e. The lowest BCUT2D eigenvalue weighted by Gasteiger charge is -2.34. The zero-order chi connectivity index (χ0) is 29.5. The molecule has 8 aromatic carbocycles. The molecule has 0 fully saturated rings. The second-order valence-electron chi connectivity index (χ2n) is 11.8. The monoisotopic (exact) mass is 571 g/mol. The predicted octanol–water partition coefficient (Wildman–Crippen LogP) is 11.4. The highest BCUT2D eigenvalue weighted by Gasteiger charge is 2.31. The molecule has 0 bridgehead atoms. The Balaban J connectivity index is 1.39. The van der Waals surface area contributed by atoms with Crippen LogP contribution < -0.4 is 4.90 Å². The summed E-state index contributed by atoms with van der Waals surface area (Å²) >= 11 is 0. The van der Waals surface area contributed by atoms with E-state index in [-0.39, 0.29) is 0 Å². The van der Waals surface area contributed by atoms with Crippen LogP contribution in [0.2, 0.25) is 0 Å². The summed E-state index contributed by atoms with van der Waals surface area (Å²) < 4.78 is 0. The third kappa shape index (κ3) is 3.46. The first-order chi connectivity index (χ1) is 22.3. The van der Waals surface area contributed by atoms with Crippen LogP contribution in [0.25, 0.3) is 76.5 Å². The number of anilines is 3. The number of fused-ring (bicyclic) bond motifs is 8. The molecule has 1 aliphatic heterocycles. The first-order valence-corrected chi connectivity index (χ1v) is 15.4. The summed E-state index contributed by atoms with van der Waals surface area (Å²) in [7, 11) is 0. The third-order valence-electron chi connectivity index (χ3n) is 9.33. The standard InChI is InChI=1S/C42H25N3/c1-4-16-30-26(11-1)23-24-38-40(30)33-19-9-13-27-14-10-22-37(39(27)33)45(38)42-41(43-35-20-7-8-21-36(35)44-42)34-25-28-12-2-3-15-29(28)31-17-5-6-18-32(31)34/h1-25H. The minimum atomic E-state index is 0.827. The molecule has 2 heterocycles. The van der Waals surface area contributed by atoms with Crippen molar-refractivity contribution in [1.82, 2.24) is 9.97 Å². The number of hydrogen-bond donors (Lipinski definition) is 0. The second-order valence-corrected chi connectivity index (χ2v) is 11.8. The molecule has 0 aliphatic carbocycles. The quantitative estimate of drug-likeness (QED) is 0.193. The van der Waals surface area contributed by atoms with Crippen molar-refractivity contribution < 1.29 is 0 Å². The van der Waals surface area contributed by atoms with Crippen molar-refractivity contribution in [1.29, 1.82) is 0 Å². The molecule has 9 aromatic rings. The molecule has 45 heavy (non-hydrogen) atoms. The van der Waals surface area contributed by atoms with E-state index in [1.54, 1.807) is 0 Å². The topological polar surface area (TPSA) is 29.0 Å². The summed E-state index contributed by atoms with van der Waals surface area (Å²) in [5.41, 5.74) is 8.38. The van der Waals surface area contributed by atoms with Gasteiger partial charge < -0.3 is 0 Å². The zero-order valence-corrected chi connectivity index (χ0v) is 24.3. The van der Waals surface area contributed by atoms with E-state index in [2.05, 4.69) is 144 Å². The van der Waals surface area contributed by atoms with Crippen LogP contribution in [0, 0.1) is 0 Å². The molecule has 3 nitrogen and oxygen atoms in total. The molecule has 208 valence electrons. The van der Waals surface area contributed by atoms with E-state index in [1.807, 2.05) is 12.1 Å². The van der Waals surface area contributed by atoms with Gasteiger partial charge in [-0.2, -0.15) is 0 Å². The second kappa shape index (κ2) is 9.22. The highest BCUT2D eigenvalue weighted by Crippen LogP contribution is 2.54. The van der Waals surface area contributed by atoms with Gasteiger partial charge in [-0.1, -0.05) is 121 Å². The summed E-state index contributed by atoms with van der Waals surface area (Å²) in [6, 6.07) is 54.2. The Kier molecular flexibility index (Phi) is 5.00. The lowest BCUT2D eigenvalue weighted by molar-refractivity contribution is 1.18. The smallest absolute Gasteiger partial charge is 0.165 e. The van der Waals surface area contributed by atoms with Gasteiger partial charge >= 0.3 is 0 Å². The molecule has 0 N–H and O–H groups in total. The van der Waals surface area contributed by atoms with Crippen molar-refractivity contribution in [2.24, 2.45) is 0 Å². The fourth-order valence-corrected chi connectivity index (χ4v) is 7.38. The minimum Gasteiger partial charge on any atom is -0.292 e. The Morgan fingerprint density at radius 2 is 1.04 bits per heavy atom. The van der Waals surface area contributed by atoms with Crippen molar-refractivity contribution in [2.75, 3.05) is 4.90 Å². The highest BCUT2D eigenvalue weighted by atomic mass is 15.2. The van der Waals surface area contributed by atoms with Crippen LogP contribution >= 0.6 is 0 Å². The first-order valence-electron chi connectivity index (χ1n) is 15.4. The molecule has 1 aromatic heterocycles. The molecule has 0 spiro atoms. The fraction of sp³-hybridized carbons (Fsp3) is 0. The maximum absolute atomic E-state index is 5.46. The van der Waals surface area contributed by atoms with E-state index >= 15 is 0 Å². The van der Waals surface area contributed by atoms with E-state index < -0.39 is 0 Å². The molecule has 0 atom stereocenters. The third-order valence-corrected chi connectivity index (χ3v) is 9.33. The summed E-state index contributed by atoms with van der Waals surface area (Å²) in [5.74, 6) is 0.827. The minimum absolute atomic E-state index is 0.827. The van der Waals surface area contributed by atoms with Gasteiger partial charge in [0.05, 0.1) is 22.4 Å². The van der Waals surface area contributed by atoms with Gasteiger partial charge in [-0.25, -0.2) is 9.97 Å². The van der Waals surface area contributed by atoms with E-state index in [9.17, 15) is 0 Å². The fourth-order valence-electron chi connectivity index (χ4n) is 7.38. The Labute approximate surface area is 259 Å². The Bertz CT molecular complexity index is 2670. The van der Waals surface area contributed by atoms with Crippen LogP contribution in [0.4, 0.5) is 17.2 Å². The van der Waals surface area contributed by atoms with Crippen LogP contribution in [0.3, 0.4) is 0 Å². The van der Waals surface area contributed by atoms with Crippen LogP contribution in [0.5, 0.6) is 0 Å². The molecular weight excluding hydrogens is 546 g/mol. The van der Waals surface area contributed by atoms with E-state index in [0.717, 1.165) is 44.9 Å². The molecule has 0 amide bonds.